The van der Waals surface area contributed by atoms with E-state index in [4.69, 9.17) is 0 Å². The lowest BCUT2D eigenvalue weighted by Gasteiger charge is -2.30. The molecule has 5 heteroatoms. The molecule has 14 heavy (non-hydrogen) atoms. The highest BCUT2D eigenvalue weighted by molar-refractivity contribution is 4.73. The smallest absolute Gasteiger partial charge is 0.319 e. The van der Waals surface area contributed by atoms with Gasteiger partial charge in [0.15, 0.2) is 0 Å². The Hall–Kier alpha value is -0.290. The maximum atomic E-state index is 12.1. The van der Waals surface area contributed by atoms with Crippen molar-refractivity contribution in [3.8, 4) is 0 Å². The molecule has 0 aromatic rings. The molecule has 0 aliphatic rings. The summed E-state index contributed by atoms with van der Waals surface area (Å²) in [5, 5.41) is 2.96. The van der Waals surface area contributed by atoms with Gasteiger partial charge in [-0.05, 0) is 33.5 Å². The van der Waals surface area contributed by atoms with Crippen molar-refractivity contribution in [3.05, 3.63) is 0 Å². The first-order valence-corrected chi connectivity index (χ1v) is 4.69. The zero-order chi connectivity index (χ0) is 11.4. The van der Waals surface area contributed by atoms with E-state index in [1.807, 2.05) is 13.8 Å². The minimum Gasteiger partial charge on any atom is -0.319 e. The van der Waals surface area contributed by atoms with Crippen LogP contribution in [0.1, 0.15) is 13.8 Å². The highest BCUT2D eigenvalue weighted by Crippen LogP contribution is 2.18. The summed E-state index contributed by atoms with van der Waals surface area (Å²) >= 11 is 0. The summed E-state index contributed by atoms with van der Waals surface area (Å²) < 4.78 is 36.2. The van der Waals surface area contributed by atoms with E-state index in [0.717, 1.165) is 6.54 Å². The Kier molecular flexibility index (Phi) is 5.44. The van der Waals surface area contributed by atoms with Crippen molar-refractivity contribution in [1.29, 1.82) is 0 Å². The molecule has 0 radical (unpaired) electrons. The van der Waals surface area contributed by atoms with Crippen LogP contribution in [0, 0.1) is 5.92 Å². The second-order valence-electron chi connectivity index (χ2n) is 3.81. The Labute approximate surface area is 83.5 Å². The predicted molar refractivity (Wildman–Crippen MR) is 51.2 cm³/mol. The minimum absolute atomic E-state index is 0.0796. The van der Waals surface area contributed by atoms with Crippen LogP contribution in [0.3, 0.4) is 0 Å². The number of nitrogens with one attached hydrogen (secondary N) is 1. The fraction of sp³-hybridized carbons (Fsp3) is 1.00. The second-order valence-corrected chi connectivity index (χ2v) is 3.81. The molecular weight excluding hydrogens is 193 g/mol. The third kappa shape index (κ3) is 5.44. The molecule has 0 bridgehead atoms. The number of hydrogen-bond donors (Lipinski definition) is 1. The van der Waals surface area contributed by atoms with Gasteiger partial charge >= 0.3 is 6.18 Å². The number of hydrogen-bond acceptors (Lipinski definition) is 2. The monoisotopic (exact) mass is 212 g/mol. The van der Waals surface area contributed by atoms with Gasteiger partial charge in [0.2, 0.25) is 0 Å². The van der Waals surface area contributed by atoms with E-state index < -0.39 is 12.7 Å². The van der Waals surface area contributed by atoms with E-state index in [0.29, 0.717) is 0 Å². The third-order valence-electron chi connectivity index (χ3n) is 2.47. The van der Waals surface area contributed by atoms with Gasteiger partial charge in [-0.3, -0.25) is 4.90 Å². The van der Waals surface area contributed by atoms with Crippen molar-refractivity contribution in [1.82, 2.24) is 10.2 Å². The van der Waals surface area contributed by atoms with Crippen molar-refractivity contribution in [3.63, 3.8) is 0 Å². The molecule has 2 nitrogen and oxygen atoms in total. The van der Waals surface area contributed by atoms with Gasteiger partial charge in [0.05, 0.1) is 6.54 Å². The van der Waals surface area contributed by atoms with Crippen LogP contribution in [-0.2, 0) is 0 Å². The Morgan fingerprint density at radius 1 is 1.29 bits per heavy atom. The lowest BCUT2D eigenvalue weighted by Crippen LogP contribution is -2.42. The molecule has 0 saturated heterocycles. The average Bonchev–Trinajstić information content (AvgIpc) is 2.00. The molecule has 2 atom stereocenters. The first-order chi connectivity index (χ1) is 6.28. The summed E-state index contributed by atoms with van der Waals surface area (Å²) in [5.74, 6) is 0.201. The van der Waals surface area contributed by atoms with Gasteiger partial charge in [0.25, 0.3) is 0 Å². The van der Waals surface area contributed by atoms with E-state index in [-0.39, 0.29) is 12.0 Å². The Balaban J connectivity index is 4.04. The van der Waals surface area contributed by atoms with E-state index in [1.165, 1.54) is 11.9 Å². The fourth-order valence-corrected chi connectivity index (χ4v) is 1.35. The number of nitrogens with zero attached hydrogens (tertiary/aromatic N) is 1. The molecule has 0 amide bonds. The molecule has 0 aliphatic heterocycles. The van der Waals surface area contributed by atoms with Crippen LogP contribution >= 0.6 is 0 Å². The largest absolute Gasteiger partial charge is 0.401 e. The Morgan fingerprint density at radius 2 is 1.79 bits per heavy atom. The normalized spacial score (nSPS) is 17.1. The van der Waals surface area contributed by atoms with Gasteiger partial charge in [0, 0.05) is 6.04 Å². The van der Waals surface area contributed by atoms with E-state index in [9.17, 15) is 13.2 Å². The summed E-state index contributed by atoms with van der Waals surface area (Å²) in [6.45, 7) is 3.63. The maximum Gasteiger partial charge on any atom is 0.401 e. The summed E-state index contributed by atoms with van der Waals surface area (Å²) in [7, 11) is 3.30. The molecule has 2 unspecified atom stereocenters. The standard InChI is InChI=1S/C9H19F3N2/c1-7(5-13-3)8(2)14(4)6-9(10,11)12/h7-8,13H,5-6H2,1-4H3. The first-order valence-electron chi connectivity index (χ1n) is 4.69. The highest BCUT2D eigenvalue weighted by atomic mass is 19.4. The first kappa shape index (κ1) is 13.7. The van der Waals surface area contributed by atoms with E-state index in [2.05, 4.69) is 5.32 Å². The molecule has 0 saturated carbocycles. The van der Waals surface area contributed by atoms with Crippen LogP contribution < -0.4 is 5.32 Å². The predicted octanol–water partition coefficient (Wildman–Crippen LogP) is 1.72. The highest BCUT2D eigenvalue weighted by Gasteiger charge is 2.31. The van der Waals surface area contributed by atoms with Crippen molar-refractivity contribution in [2.75, 3.05) is 27.2 Å². The molecule has 0 fully saturated rings. The SMILES string of the molecule is CNCC(C)C(C)N(C)CC(F)(F)F. The van der Waals surface area contributed by atoms with Crippen molar-refractivity contribution in [2.24, 2.45) is 5.92 Å². The second kappa shape index (κ2) is 5.56. The van der Waals surface area contributed by atoms with Crippen LogP contribution in [0.5, 0.6) is 0 Å². The van der Waals surface area contributed by atoms with Gasteiger partial charge in [-0.2, -0.15) is 13.2 Å². The molecular formula is C9H19F3N2. The Bertz CT molecular complexity index is 159. The summed E-state index contributed by atoms with van der Waals surface area (Å²) in [6, 6.07) is -0.0796. The molecule has 0 aromatic carbocycles. The molecule has 0 aromatic heterocycles. The van der Waals surface area contributed by atoms with Gasteiger partial charge < -0.3 is 5.32 Å². The molecule has 0 heterocycles. The lowest BCUT2D eigenvalue weighted by atomic mass is 10.0. The number of halogens is 3. The third-order valence-corrected chi connectivity index (χ3v) is 2.47. The molecule has 0 rings (SSSR count). The summed E-state index contributed by atoms with van der Waals surface area (Å²) in [5.41, 5.74) is 0. The molecule has 86 valence electrons. The van der Waals surface area contributed by atoms with Gasteiger partial charge in [-0.1, -0.05) is 6.92 Å². The van der Waals surface area contributed by atoms with E-state index >= 15 is 0 Å². The Morgan fingerprint density at radius 3 is 2.14 bits per heavy atom. The summed E-state index contributed by atoms with van der Waals surface area (Å²) in [6.07, 6.45) is -4.11. The average molecular weight is 212 g/mol. The van der Waals surface area contributed by atoms with Crippen LogP contribution in [0.25, 0.3) is 0 Å². The van der Waals surface area contributed by atoms with Crippen LogP contribution in [0.15, 0.2) is 0 Å². The number of alkyl halides is 3. The van der Waals surface area contributed by atoms with Gasteiger partial charge in [-0.15, -0.1) is 0 Å². The maximum absolute atomic E-state index is 12.1. The van der Waals surface area contributed by atoms with Crippen molar-refractivity contribution in [2.45, 2.75) is 26.1 Å². The van der Waals surface area contributed by atoms with Crippen LogP contribution in [0.2, 0.25) is 0 Å². The van der Waals surface area contributed by atoms with Gasteiger partial charge in [-0.25, -0.2) is 0 Å². The van der Waals surface area contributed by atoms with Crippen molar-refractivity contribution < 1.29 is 13.2 Å². The van der Waals surface area contributed by atoms with Gasteiger partial charge in [0.1, 0.15) is 0 Å². The van der Waals surface area contributed by atoms with Crippen LogP contribution in [-0.4, -0.2) is 44.3 Å². The topological polar surface area (TPSA) is 15.3 Å². The molecule has 0 aliphatic carbocycles. The quantitative estimate of drug-likeness (QED) is 0.746. The van der Waals surface area contributed by atoms with E-state index in [1.54, 1.807) is 7.05 Å². The zero-order valence-electron chi connectivity index (χ0n) is 9.15. The van der Waals surface area contributed by atoms with Crippen LogP contribution in [0.4, 0.5) is 13.2 Å². The fourth-order valence-electron chi connectivity index (χ4n) is 1.35. The lowest BCUT2D eigenvalue weighted by molar-refractivity contribution is -0.148. The summed E-state index contributed by atoms with van der Waals surface area (Å²) in [4.78, 5) is 1.34. The molecule has 0 spiro atoms. The molecule has 1 N–H and O–H groups in total. The zero-order valence-corrected chi connectivity index (χ0v) is 9.15. The van der Waals surface area contributed by atoms with Crippen molar-refractivity contribution >= 4 is 0 Å². The number of rotatable bonds is 5. The minimum atomic E-state index is -4.11.